The summed E-state index contributed by atoms with van der Waals surface area (Å²) in [5.74, 6) is -0.119. The van der Waals surface area contributed by atoms with E-state index in [2.05, 4.69) is 9.97 Å². The summed E-state index contributed by atoms with van der Waals surface area (Å²) in [4.78, 5) is 37.5. The van der Waals surface area contributed by atoms with Crippen molar-refractivity contribution in [1.82, 2.24) is 9.97 Å². The number of furan rings is 1. The lowest BCUT2D eigenvalue weighted by Crippen LogP contribution is -2.30. The lowest BCUT2D eigenvalue weighted by atomic mass is 10.00. The number of hydrogen-bond donors (Lipinski definition) is 1. The highest BCUT2D eigenvalue weighted by molar-refractivity contribution is 7.22. The van der Waals surface area contributed by atoms with E-state index in [-0.39, 0.29) is 5.57 Å². The Bertz CT molecular complexity index is 1460. The van der Waals surface area contributed by atoms with Crippen LogP contribution >= 0.6 is 22.7 Å². The highest BCUT2D eigenvalue weighted by atomic mass is 32.1. The first-order valence-corrected chi connectivity index (χ1v) is 11.7. The second-order valence-corrected chi connectivity index (χ2v) is 9.81. The first-order chi connectivity index (χ1) is 15.8. The Kier molecular flexibility index (Phi) is 5.06. The van der Waals surface area contributed by atoms with Crippen molar-refractivity contribution in [3.8, 4) is 5.75 Å². The summed E-state index contributed by atoms with van der Waals surface area (Å²) in [5.41, 5.74) is 1.18. The summed E-state index contributed by atoms with van der Waals surface area (Å²) in [6.45, 7) is 5.31. The summed E-state index contributed by atoms with van der Waals surface area (Å²) in [5, 5.41) is 11.9. The van der Waals surface area contributed by atoms with E-state index >= 15 is 0 Å². The SMILES string of the molecule is COc1ccc2nc(N3C(=O)C(O)=C(C(=O)c4sc(C)nc4C)C3c3ccc(C)o3)sc2c1. The Morgan fingerprint density at radius 1 is 1.15 bits per heavy atom. The van der Waals surface area contributed by atoms with Crippen LogP contribution in [-0.2, 0) is 4.79 Å². The van der Waals surface area contributed by atoms with E-state index in [0.717, 1.165) is 9.71 Å². The number of carbonyl (C=O) groups excluding carboxylic acids is 2. The molecule has 1 aromatic carbocycles. The standard InChI is InChI=1S/C23H19N3O5S2/c1-10-5-8-15(31-10)18-17(19(27)21-11(2)24-12(3)32-21)20(28)22(29)26(18)23-25-14-7-6-13(30-4)9-16(14)33-23/h5-9,18,28H,1-4H3. The maximum atomic E-state index is 13.6. The Morgan fingerprint density at radius 2 is 1.94 bits per heavy atom. The second kappa shape index (κ2) is 7.82. The van der Waals surface area contributed by atoms with Crippen molar-refractivity contribution in [2.24, 2.45) is 0 Å². The van der Waals surface area contributed by atoms with E-state index in [0.29, 0.717) is 38.5 Å². The van der Waals surface area contributed by atoms with Crippen LogP contribution in [0.5, 0.6) is 5.75 Å². The van der Waals surface area contributed by atoms with E-state index < -0.39 is 23.5 Å². The summed E-state index contributed by atoms with van der Waals surface area (Å²) in [6.07, 6.45) is 0. The molecule has 1 aliphatic heterocycles. The number of carbonyl (C=O) groups is 2. The van der Waals surface area contributed by atoms with Gasteiger partial charge < -0.3 is 14.3 Å². The maximum Gasteiger partial charge on any atom is 0.296 e. The molecule has 0 bridgehead atoms. The van der Waals surface area contributed by atoms with Gasteiger partial charge in [-0.1, -0.05) is 11.3 Å². The third-order valence-corrected chi connectivity index (χ3v) is 7.47. The predicted octanol–water partition coefficient (Wildman–Crippen LogP) is 5.06. The van der Waals surface area contributed by atoms with Gasteiger partial charge in [-0.05, 0) is 51.1 Å². The van der Waals surface area contributed by atoms with E-state index in [9.17, 15) is 14.7 Å². The van der Waals surface area contributed by atoms with Gasteiger partial charge in [-0.3, -0.25) is 14.5 Å². The third kappa shape index (κ3) is 3.42. The first-order valence-electron chi connectivity index (χ1n) is 10.0. The number of rotatable bonds is 5. The van der Waals surface area contributed by atoms with Crippen LogP contribution in [0, 0.1) is 20.8 Å². The molecular weight excluding hydrogens is 462 g/mol. The number of ether oxygens (including phenoxy) is 1. The molecule has 0 saturated heterocycles. The normalized spacial score (nSPS) is 16.3. The van der Waals surface area contributed by atoms with E-state index in [1.165, 1.54) is 27.6 Å². The number of ketones is 1. The van der Waals surface area contributed by atoms with Gasteiger partial charge in [0.25, 0.3) is 5.91 Å². The van der Waals surface area contributed by atoms with Crippen molar-refractivity contribution in [2.45, 2.75) is 26.8 Å². The van der Waals surface area contributed by atoms with E-state index in [1.54, 1.807) is 52.1 Å². The van der Waals surface area contributed by atoms with Gasteiger partial charge >= 0.3 is 0 Å². The smallest absolute Gasteiger partial charge is 0.296 e. The number of Topliss-reactive ketones (excluding diaryl/α,β-unsaturated/α-hetero) is 1. The maximum absolute atomic E-state index is 13.6. The monoisotopic (exact) mass is 481 g/mol. The molecule has 1 aliphatic rings. The van der Waals surface area contributed by atoms with Crippen LogP contribution in [0.1, 0.15) is 37.9 Å². The van der Waals surface area contributed by atoms with Crippen LogP contribution in [0.4, 0.5) is 5.13 Å². The molecule has 8 nitrogen and oxygen atoms in total. The number of aryl methyl sites for hydroxylation is 3. The van der Waals surface area contributed by atoms with E-state index in [4.69, 9.17) is 9.15 Å². The molecule has 4 aromatic rings. The zero-order valence-corrected chi connectivity index (χ0v) is 19.8. The van der Waals surface area contributed by atoms with Gasteiger partial charge in [0.15, 0.2) is 10.9 Å². The number of fused-ring (bicyclic) bond motifs is 1. The number of aliphatic hydroxyl groups excluding tert-OH is 1. The fourth-order valence-electron chi connectivity index (χ4n) is 3.89. The highest BCUT2D eigenvalue weighted by Crippen LogP contribution is 2.45. The van der Waals surface area contributed by atoms with Crippen molar-refractivity contribution < 1.29 is 23.8 Å². The molecule has 0 saturated carbocycles. The molecule has 1 atom stereocenters. The number of anilines is 1. The van der Waals surface area contributed by atoms with E-state index in [1.807, 2.05) is 6.07 Å². The molecule has 3 aromatic heterocycles. The van der Waals surface area contributed by atoms with Gasteiger partial charge in [-0.2, -0.15) is 0 Å². The zero-order chi connectivity index (χ0) is 23.4. The molecule has 0 fully saturated rings. The van der Waals surface area contributed by atoms with Gasteiger partial charge in [0.05, 0.1) is 38.5 Å². The number of amides is 1. The summed E-state index contributed by atoms with van der Waals surface area (Å²) < 4.78 is 11.9. The summed E-state index contributed by atoms with van der Waals surface area (Å²) >= 11 is 2.49. The average molecular weight is 482 g/mol. The van der Waals surface area contributed by atoms with Gasteiger partial charge in [0.1, 0.15) is 23.3 Å². The zero-order valence-electron chi connectivity index (χ0n) is 18.2. The third-order valence-electron chi connectivity index (χ3n) is 5.38. The Morgan fingerprint density at radius 3 is 2.58 bits per heavy atom. The molecule has 1 N–H and O–H groups in total. The lowest BCUT2D eigenvalue weighted by molar-refractivity contribution is -0.117. The summed E-state index contributed by atoms with van der Waals surface area (Å²) in [6, 6.07) is 7.90. The first kappa shape index (κ1) is 21.4. The molecule has 1 amide bonds. The second-order valence-electron chi connectivity index (χ2n) is 7.60. The number of aromatic nitrogens is 2. The number of aliphatic hydroxyl groups is 1. The minimum atomic E-state index is -0.956. The Labute approximate surface area is 196 Å². The number of thiazole rings is 2. The molecular formula is C23H19N3O5S2. The predicted molar refractivity (Wildman–Crippen MR) is 125 cm³/mol. The molecule has 0 radical (unpaired) electrons. The topological polar surface area (TPSA) is 106 Å². The van der Waals surface area contributed by atoms with Gasteiger partial charge in [-0.25, -0.2) is 9.97 Å². The highest BCUT2D eigenvalue weighted by Gasteiger charge is 2.48. The van der Waals surface area contributed by atoms with Crippen molar-refractivity contribution >= 4 is 49.7 Å². The molecule has 4 heterocycles. The van der Waals surface area contributed by atoms with Crippen LogP contribution in [0.3, 0.4) is 0 Å². The number of hydrogen-bond acceptors (Lipinski definition) is 9. The van der Waals surface area contributed by atoms with Crippen molar-refractivity contribution in [3.63, 3.8) is 0 Å². The van der Waals surface area contributed by atoms with Crippen LogP contribution < -0.4 is 9.64 Å². The van der Waals surface area contributed by atoms with Crippen LogP contribution in [0.25, 0.3) is 10.2 Å². The molecule has 5 rings (SSSR count). The van der Waals surface area contributed by atoms with Gasteiger partial charge in [0.2, 0.25) is 5.78 Å². The fourth-order valence-corrected chi connectivity index (χ4v) is 5.79. The summed E-state index contributed by atoms with van der Waals surface area (Å²) in [7, 11) is 1.57. The molecule has 0 aliphatic carbocycles. The fraction of sp³-hybridized carbons (Fsp3) is 0.217. The minimum absolute atomic E-state index is 0.0436. The number of benzene rings is 1. The van der Waals surface area contributed by atoms with Crippen LogP contribution in [-0.4, -0.2) is 33.9 Å². The number of methoxy groups -OCH3 is 1. The van der Waals surface area contributed by atoms with Crippen molar-refractivity contribution in [3.05, 3.63) is 68.8 Å². The quantitative estimate of drug-likeness (QED) is 0.397. The largest absolute Gasteiger partial charge is 0.503 e. The molecule has 10 heteroatoms. The lowest BCUT2D eigenvalue weighted by Gasteiger charge is -2.22. The molecule has 0 spiro atoms. The number of nitrogens with zero attached hydrogens (tertiary/aromatic N) is 3. The minimum Gasteiger partial charge on any atom is -0.503 e. The Balaban J connectivity index is 1.67. The molecule has 168 valence electrons. The average Bonchev–Trinajstić information content (AvgIpc) is 3.53. The van der Waals surface area contributed by atoms with Crippen LogP contribution in [0.15, 0.2) is 46.1 Å². The van der Waals surface area contributed by atoms with Crippen LogP contribution in [0.2, 0.25) is 0 Å². The van der Waals surface area contributed by atoms with Gasteiger partial charge in [-0.15, -0.1) is 11.3 Å². The van der Waals surface area contributed by atoms with Crippen molar-refractivity contribution in [1.29, 1.82) is 0 Å². The molecule has 1 unspecified atom stereocenters. The van der Waals surface area contributed by atoms with Gasteiger partial charge in [0, 0.05) is 0 Å². The Hall–Kier alpha value is -3.50. The van der Waals surface area contributed by atoms with Crippen molar-refractivity contribution in [2.75, 3.05) is 12.0 Å². The molecule has 33 heavy (non-hydrogen) atoms.